The van der Waals surface area contributed by atoms with Crippen molar-refractivity contribution in [2.45, 2.75) is 33.2 Å². The van der Waals surface area contributed by atoms with Gasteiger partial charge in [0, 0.05) is 12.2 Å². The molecule has 3 N–H and O–H groups in total. The fourth-order valence-corrected chi connectivity index (χ4v) is 1.55. The molecule has 1 aromatic rings. The van der Waals surface area contributed by atoms with Crippen LogP contribution in [0.1, 0.15) is 25.8 Å². The molecule has 1 atom stereocenters. The zero-order chi connectivity index (χ0) is 15.1. The van der Waals surface area contributed by atoms with Crippen LogP contribution in [0.4, 0.5) is 14.9 Å². The Bertz CT molecular complexity index is 491. The quantitative estimate of drug-likeness (QED) is 0.774. The number of aryl methyl sites for hydroxylation is 1. The lowest BCUT2D eigenvalue weighted by Crippen LogP contribution is -2.46. The first kappa shape index (κ1) is 15.9. The molecule has 0 spiro atoms. The zero-order valence-electron chi connectivity index (χ0n) is 11.9. The number of nitrogens with one attached hydrogen (secondary N) is 3. The van der Waals surface area contributed by atoms with Crippen molar-refractivity contribution in [2.75, 3.05) is 11.9 Å². The first-order valence-corrected chi connectivity index (χ1v) is 6.55. The van der Waals surface area contributed by atoms with E-state index in [0.717, 1.165) is 12.0 Å². The molecule has 0 aliphatic heterocycles. The molecule has 1 rings (SSSR count). The third-order valence-electron chi connectivity index (χ3n) is 2.74. The van der Waals surface area contributed by atoms with Gasteiger partial charge in [-0.3, -0.25) is 4.79 Å². The standard InChI is InChI=1S/C14H20FN3O2/c1-4-7-16-13(19)10(3)17-14(20)18-12-8-11(15)6-5-9(12)2/h5-6,8,10H,4,7H2,1-3H3,(H,16,19)(H2,17,18,20)/t10-/m1/s1. The highest BCUT2D eigenvalue weighted by molar-refractivity contribution is 5.94. The minimum absolute atomic E-state index is 0.252. The molecular formula is C14H20FN3O2. The van der Waals surface area contributed by atoms with Crippen LogP contribution in [0.3, 0.4) is 0 Å². The molecule has 0 saturated heterocycles. The van der Waals surface area contributed by atoms with Crippen molar-refractivity contribution in [2.24, 2.45) is 0 Å². The molecule has 5 nitrogen and oxygen atoms in total. The largest absolute Gasteiger partial charge is 0.354 e. The Morgan fingerprint density at radius 1 is 1.35 bits per heavy atom. The van der Waals surface area contributed by atoms with Gasteiger partial charge in [-0.25, -0.2) is 9.18 Å². The average molecular weight is 281 g/mol. The Morgan fingerprint density at radius 3 is 2.70 bits per heavy atom. The van der Waals surface area contributed by atoms with Crippen LogP contribution < -0.4 is 16.0 Å². The van der Waals surface area contributed by atoms with Crippen molar-refractivity contribution in [3.05, 3.63) is 29.6 Å². The van der Waals surface area contributed by atoms with Gasteiger partial charge < -0.3 is 16.0 Å². The maximum atomic E-state index is 13.1. The summed E-state index contributed by atoms with van der Waals surface area (Å²) in [4.78, 5) is 23.3. The summed E-state index contributed by atoms with van der Waals surface area (Å²) in [5, 5.41) is 7.70. The van der Waals surface area contributed by atoms with Crippen LogP contribution in [0.2, 0.25) is 0 Å². The van der Waals surface area contributed by atoms with Crippen molar-refractivity contribution in [3.8, 4) is 0 Å². The van der Waals surface area contributed by atoms with Crippen molar-refractivity contribution in [1.82, 2.24) is 10.6 Å². The van der Waals surface area contributed by atoms with E-state index in [4.69, 9.17) is 0 Å². The van der Waals surface area contributed by atoms with E-state index in [1.165, 1.54) is 12.1 Å². The van der Waals surface area contributed by atoms with E-state index in [2.05, 4.69) is 16.0 Å². The highest BCUT2D eigenvalue weighted by Gasteiger charge is 2.15. The molecule has 0 radical (unpaired) electrons. The van der Waals surface area contributed by atoms with Crippen LogP contribution in [0.15, 0.2) is 18.2 Å². The number of hydrogen-bond acceptors (Lipinski definition) is 2. The summed E-state index contributed by atoms with van der Waals surface area (Å²) >= 11 is 0. The highest BCUT2D eigenvalue weighted by atomic mass is 19.1. The molecule has 0 aromatic heterocycles. The van der Waals surface area contributed by atoms with Crippen LogP contribution in [0.25, 0.3) is 0 Å². The third-order valence-corrected chi connectivity index (χ3v) is 2.74. The predicted molar refractivity (Wildman–Crippen MR) is 76.1 cm³/mol. The molecule has 0 saturated carbocycles. The number of carbonyl (C=O) groups is 2. The number of rotatable bonds is 5. The summed E-state index contributed by atoms with van der Waals surface area (Å²) in [6.07, 6.45) is 0.827. The molecule has 110 valence electrons. The molecule has 0 unspecified atom stereocenters. The molecular weight excluding hydrogens is 261 g/mol. The number of halogens is 1. The Labute approximate surface area is 117 Å². The highest BCUT2D eigenvalue weighted by Crippen LogP contribution is 2.15. The minimum atomic E-state index is -0.657. The van der Waals surface area contributed by atoms with Gasteiger partial charge in [-0.1, -0.05) is 13.0 Å². The lowest BCUT2D eigenvalue weighted by molar-refractivity contribution is -0.122. The first-order valence-electron chi connectivity index (χ1n) is 6.55. The third kappa shape index (κ3) is 4.87. The summed E-state index contributed by atoms with van der Waals surface area (Å²) < 4.78 is 13.1. The fourth-order valence-electron chi connectivity index (χ4n) is 1.55. The summed E-state index contributed by atoms with van der Waals surface area (Å²) in [5.74, 6) is -0.683. The molecule has 0 heterocycles. The lowest BCUT2D eigenvalue weighted by Gasteiger charge is -2.15. The van der Waals surface area contributed by atoms with Gasteiger partial charge in [0.15, 0.2) is 0 Å². The topological polar surface area (TPSA) is 70.2 Å². The SMILES string of the molecule is CCCNC(=O)[C@@H](C)NC(=O)Nc1cc(F)ccc1C. The van der Waals surface area contributed by atoms with Crippen LogP contribution >= 0.6 is 0 Å². The van der Waals surface area contributed by atoms with E-state index < -0.39 is 17.9 Å². The van der Waals surface area contributed by atoms with Gasteiger partial charge in [0.05, 0.1) is 0 Å². The van der Waals surface area contributed by atoms with Gasteiger partial charge in [-0.05, 0) is 38.0 Å². The summed E-state index contributed by atoms with van der Waals surface area (Å²) in [6.45, 7) is 5.85. The zero-order valence-corrected chi connectivity index (χ0v) is 11.9. The Kier molecular flexibility index (Phi) is 5.96. The maximum absolute atomic E-state index is 13.1. The number of urea groups is 1. The molecule has 3 amide bonds. The molecule has 1 aromatic carbocycles. The minimum Gasteiger partial charge on any atom is -0.354 e. The molecule has 0 aliphatic carbocycles. The number of hydrogen-bond donors (Lipinski definition) is 3. The van der Waals surface area contributed by atoms with Gasteiger partial charge >= 0.3 is 6.03 Å². The van der Waals surface area contributed by atoms with Gasteiger partial charge in [0.2, 0.25) is 5.91 Å². The lowest BCUT2D eigenvalue weighted by atomic mass is 10.2. The maximum Gasteiger partial charge on any atom is 0.319 e. The number of amides is 3. The van der Waals surface area contributed by atoms with Gasteiger partial charge in [0.25, 0.3) is 0 Å². The van der Waals surface area contributed by atoms with Crippen molar-refractivity contribution in [3.63, 3.8) is 0 Å². The second-order valence-corrected chi connectivity index (χ2v) is 4.57. The first-order chi connectivity index (χ1) is 9.43. The smallest absolute Gasteiger partial charge is 0.319 e. The van der Waals surface area contributed by atoms with E-state index >= 15 is 0 Å². The molecule has 0 bridgehead atoms. The van der Waals surface area contributed by atoms with Gasteiger partial charge in [-0.15, -0.1) is 0 Å². The summed E-state index contributed by atoms with van der Waals surface area (Å²) in [7, 11) is 0. The summed E-state index contributed by atoms with van der Waals surface area (Å²) in [6, 6.07) is 2.92. The molecule has 0 fully saturated rings. The number of benzene rings is 1. The Balaban J connectivity index is 2.55. The molecule has 20 heavy (non-hydrogen) atoms. The van der Waals surface area contributed by atoms with E-state index in [1.807, 2.05) is 6.92 Å². The van der Waals surface area contributed by atoms with E-state index in [9.17, 15) is 14.0 Å². The van der Waals surface area contributed by atoms with Crippen molar-refractivity contribution < 1.29 is 14.0 Å². The van der Waals surface area contributed by atoms with Gasteiger partial charge in [-0.2, -0.15) is 0 Å². The Morgan fingerprint density at radius 2 is 2.05 bits per heavy atom. The van der Waals surface area contributed by atoms with Gasteiger partial charge in [0.1, 0.15) is 11.9 Å². The fraction of sp³-hybridized carbons (Fsp3) is 0.429. The Hall–Kier alpha value is -2.11. The normalized spacial score (nSPS) is 11.6. The summed E-state index contributed by atoms with van der Waals surface area (Å²) in [5.41, 5.74) is 1.12. The monoisotopic (exact) mass is 281 g/mol. The van der Waals surface area contributed by atoms with Crippen LogP contribution in [0, 0.1) is 12.7 Å². The van der Waals surface area contributed by atoms with E-state index in [0.29, 0.717) is 12.2 Å². The average Bonchev–Trinajstić information content (AvgIpc) is 2.40. The second-order valence-electron chi connectivity index (χ2n) is 4.57. The molecule has 0 aliphatic rings. The number of anilines is 1. The van der Waals surface area contributed by atoms with E-state index in [-0.39, 0.29) is 5.91 Å². The molecule has 6 heteroatoms. The van der Waals surface area contributed by atoms with Crippen molar-refractivity contribution in [1.29, 1.82) is 0 Å². The van der Waals surface area contributed by atoms with Crippen molar-refractivity contribution >= 4 is 17.6 Å². The van der Waals surface area contributed by atoms with Crippen LogP contribution in [-0.2, 0) is 4.79 Å². The van der Waals surface area contributed by atoms with Crippen LogP contribution in [-0.4, -0.2) is 24.5 Å². The second kappa shape index (κ2) is 7.47. The van der Waals surface area contributed by atoms with Crippen LogP contribution in [0.5, 0.6) is 0 Å². The predicted octanol–water partition coefficient (Wildman–Crippen LogP) is 2.17. The number of carbonyl (C=O) groups excluding carboxylic acids is 2. The van der Waals surface area contributed by atoms with E-state index in [1.54, 1.807) is 19.9 Å².